The van der Waals surface area contributed by atoms with E-state index >= 15 is 0 Å². The molecule has 1 atom stereocenters. The summed E-state index contributed by atoms with van der Waals surface area (Å²) < 4.78 is 0. The first kappa shape index (κ1) is 24.5. The lowest BCUT2D eigenvalue weighted by Gasteiger charge is -2.09. The van der Waals surface area contributed by atoms with Crippen molar-refractivity contribution in [2.45, 2.75) is 25.3 Å². The van der Waals surface area contributed by atoms with Crippen molar-refractivity contribution in [3.63, 3.8) is 0 Å². The zero-order valence-electron chi connectivity index (χ0n) is 9.01. The smallest absolute Gasteiger partial charge is 0.320 e. The van der Waals surface area contributed by atoms with Crippen LogP contribution >= 0.6 is 37.2 Å². The van der Waals surface area contributed by atoms with E-state index < -0.39 is 12.0 Å². The van der Waals surface area contributed by atoms with Crippen LogP contribution in [0.4, 0.5) is 0 Å². The summed E-state index contributed by atoms with van der Waals surface area (Å²) in [4.78, 5) is 12.4. The number of carbonyl (C=O) groups is 1. The molecule has 0 aromatic carbocycles. The standard InChI is InChI=1S/C8H18N2O2.3ClH/c1-10(2)6-4-3-5-7(9)8(11)12;;;/h7H,3-6,9H2,1-2H3,(H,11,12);3*1H. The van der Waals surface area contributed by atoms with Gasteiger partial charge in [0.2, 0.25) is 0 Å². The second kappa shape index (κ2) is 14.3. The molecule has 0 saturated heterocycles. The molecule has 0 aromatic heterocycles. The van der Waals surface area contributed by atoms with Crippen LogP contribution in [0.2, 0.25) is 0 Å². The number of rotatable bonds is 6. The fourth-order valence-electron chi connectivity index (χ4n) is 0.916. The molecule has 0 radical (unpaired) electrons. The molecule has 15 heavy (non-hydrogen) atoms. The van der Waals surface area contributed by atoms with Gasteiger partial charge in [-0.25, -0.2) is 0 Å². The molecule has 0 heterocycles. The molecular weight excluding hydrogens is 262 g/mol. The van der Waals surface area contributed by atoms with Gasteiger partial charge in [0.05, 0.1) is 0 Å². The van der Waals surface area contributed by atoms with E-state index in [0.717, 1.165) is 19.4 Å². The summed E-state index contributed by atoms with van der Waals surface area (Å²) in [5, 5.41) is 8.46. The summed E-state index contributed by atoms with van der Waals surface area (Å²) >= 11 is 0. The summed E-state index contributed by atoms with van der Waals surface area (Å²) in [6.07, 6.45) is 2.46. The Bertz CT molecular complexity index is 148. The van der Waals surface area contributed by atoms with Gasteiger partial charge in [-0.3, -0.25) is 4.79 Å². The molecule has 0 saturated carbocycles. The largest absolute Gasteiger partial charge is 0.480 e. The Hall–Kier alpha value is 0.260. The van der Waals surface area contributed by atoms with Crippen molar-refractivity contribution >= 4 is 43.2 Å². The average molecular weight is 284 g/mol. The third kappa shape index (κ3) is 16.9. The number of hydrogen-bond acceptors (Lipinski definition) is 3. The Morgan fingerprint density at radius 3 is 2.07 bits per heavy atom. The molecule has 0 spiro atoms. The fourth-order valence-corrected chi connectivity index (χ4v) is 0.916. The van der Waals surface area contributed by atoms with Gasteiger partial charge in [-0.1, -0.05) is 6.42 Å². The number of carboxylic acids is 1. The molecule has 7 heteroatoms. The number of carboxylic acid groups (broad SMARTS) is 1. The van der Waals surface area contributed by atoms with Crippen molar-refractivity contribution < 1.29 is 9.90 Å². The third-order valence-corrected chi connectivity index (χ3v) is 1.69. The van der Waals surface area contributed by atoms with Crippen LogP contribution < -0.4 is 5.73 Å². The van der Waals surface area contributed by atoms with Crippen LogP contribution in [-0.4, -0.2) is 42.7 Å². The number of aliphatic carboxylic acids is 1. The normalized spacial score (nSPS) is 10.7. The maximum atomic E-state index is 10.3. The second-order valence-electron chi connectivity index (χ2n) is 3.24. The summed E-state index contributed by atoms with van der Waals surface area (Å²) in [5.74, 6) is -0.903. The van der Waals surface area contributed by atoms with Crippen LogP contribution in [0.1, 0.15) is 19.3 Å². The van der Waals surface area contributed by atoms with Crippen molar-refractivity contribution in [1.29, 1.82) is 0 Å². The first-order valence-corrected chi connectivity index (χ1v) is 4.17. The first-order chi connectivity index (χ1) is 5.54. The van der Waals surface area contributed by atoms with E-state index in [-0.39, 0.29) is 37.2 Å². The Morgan fingerprint density at radius 1 is 1.27 bits per heavy atom. The van der Waals surface area contributed by atoms with Crippen molar-refractivity contribution in [1.82, 2.24) is 4.90 Å². The number of nitrogens with two attached hydrogens (primary N) is 1. The van der Waals surface area contributed by atoms with Crippen molar-refractivity contribution in [3.8, 4) is 0 Å². The minimum absolute atomic E-state index is 0. The van der Waals surface area contributed by atoms with Gasteiger partial charge in [-0.15, -0.1) is 37.2 Å². The fraction of sp³-hybridized carbons (Fsp3) is 0.875. The van der Waals surface area contributed by atoms with Crippen molar-refractivity contribution in [2.75, 3.05) is 20.6 Å². The van der Waals surface area contributed by atoms with Crippen molar-refractivity contribution in [3.05, 3.63) is 0 Å². The number of nitrogens with zero attached hydrogens (tertiary/aromatic N) is 1. The van der Waals surface area contributed by atoms with Crippen LogP contribution in [0, 0.1) is 0 Å². The monoisotopic (exact) mass is 282 g/mol. The van der Waals surface area contributed by atoms with Crippen LogP contribution in [-0.2, 0) is 4.79 Å². The van der Waals surface area contributed by atoms with E-state index in [4.69, 9.17) is 10.8 Å². The van der Waals surface area contributed by atoms with Gasteiger partial charge in [0.1, 0.15) is 6.04 Å². The van der Waals surface area contributed by atoms with Gasteiger partial charge in [0.15, 0.2) is 0 Å². The molecule has 0 rings (SSSR count). The van der Waals surface area contributed by atoms with Crippen LogP contribution in [0.25, 0.3) is 0 Å². The highest BCUT2D eigenvalue weighted by atomic mass is 35.5. The maximum absolute atomic E-state index is 10.3. The quantitative estimate of drug-likeness (QED) is 0.723. The molecule has 3 N–H and O–H groups in total. The molecule has 1 unspecified atom stereocenters. The van der Waals surface area contributed by atoms with Gasteiger partial charge in [-0.2, -0.15) is 0 Å². The lowest BCUT2D eigenvalue weighted by Crippen LogP contribution is -2.30. The summed E-state index contributed by atoms with van der Waals surface area (Å²) in [7, 11) is 3.99. The predicted molar refractivity (Wildman–Crippen MR) is 69.8 cm³/mol. The molecule has 0 amide bonds. The molecule has 0 aliphatic rings. The summed E-state index contributed by atoms with van der Waals surface area (Å²) in [6, 6.07) is -0.688. The summed E-state index contributed by atoms with van der Waals surface area (Å²) in [6.45, 7) is 0.992. The van der Waals surface area contributed by atoms with Crippen LogP contribution in [0.3, 0.4) is 0 Å². The van der Waals surface area contributed by atoms with E-state index in [0.29, 0.717) is 6.42 Å². The van der Waals surface area contributed by atoms with E-state index in [1.165, 1.54) is 0 Å². The molecule has 96 valence electrons. The topological polar surface area (TPSA) is 66.6 Å². The maximum Gasteiger partial charge on any atom is 0.320 e. The van der Waals surface area contributed by atoms with Crippen LogP contribution in [0.15, 0.2) is 0 Å². The Morgan fingerprint density at radius 2 is 1.73 bits per heavy atom. The highest BCUT2D eigenvalue weighted by Crippen LogP contribution is 1.99. The van der Waals surface area contributed by atoms with E-state index in [1.54, 1.807) is 0 Å². The minimum atomic E-state index is -0.903. The van der Waals surface area contributed by atoms with E-state index in [2.05, 4.69) is 4.90 Å². The van der Waals surface area contributed by atoms with E-state index in [9.17, 15) is 4.79 Å². The zero-order chi connectivity index (χ0) is 9.56. The SMILES string of the molecule is CN(C)CCCCC(N)C(=O)O.Cl.Cl.Cl. The number of hydrogen-bond donors (Lipinski definition) is 2. The lowest BCUT2D eigenvalue weighted by molar-refractivity contribution is -0.138. The van der Waals surface area contributed by atoms with Crippen molar-refractivity contribution in [2.24, 2.45) is 5.73 Å². The predicted octanol–water partition coefficient (Wildman–Crippen LogP) is 1.40. The Labute approximate surface area is 110 Å². The highest BCUT2D eigenvalue weighted by Gasteiger charge is 2.09. The molecule has 0 fully saturated rings. The molecule has 4 nitrogen and oxygen atoms in total. The zero-order valence-corrected chi connectivity index (χ0v) is 11.5. The highest BCUT2D eigenvalue weighted by molar-refractivity contribution is 5.86. The van der Waals surface area contributed by atoms with Gasteiger partial charge in [0.25, 0.3) is 0 Å². The van der Waals surface area contributed by atoms with E-state index in [1.807, 2.05) is 14.1 Å². The number of unbranched alkanes of at least 4 members (excludes halogenated alkanes) is 1. The first-order valence-electron chi connectivity index (χ1n) is 4.17. The summed E-state index contributed by atoms with van der Waals surface area (Å²) in [5.41, 5.74) is 5.32. The number of halogens is 3. The van der Waals surface area contributed by atoms with Gasteiger partial charge >= 0.3 is 5.97 Å². The minimum Gasteiger partial charge on any atom is -0.480 e. The molecule has 0 aromatic rings. The van der Waals surface area contributed by atoms with Gasteiger partial charge < -0.3 is 15.7 Å². The Kier molecular flexibility index (Phi) is 23.3. The lowest BCUT2D eigenvalue weighted by atomic mass is 10.1. The molecular formula is C8H21Cl3N2O2. The molecule has 0 aliphatic carbocycles. The third-order valence-electron chi connectivity index (χ3n) is 1.69. The second-order valence-corrected chi connectivity index (χ2v) is 3.24. The Balaban J connectivity index is -0.000000202. The van der Waals surface area contributed by atoms with Gasteiger partial charge in [0, 0.05) is 0 Å². The van der Waals surface area contributed by atoms with Gasteiger partial charge in [-0.05, 0) is 33.5 Å². The van der Waals surface area contributed by atoms with Crippen LogP contribution in [0.5, 0.6) is 0 Å². The molecule has 0 bridgehead atoms. The average Bonchev–Trinajstić information content (AvgIpc) is 1.97. The molecule has 0 aliphatic heterocycles.